The molecule has 0 saturated heterocycles. The second kappa shape index (κ2) is 4.24. The highest BCUT2D eigenvalue weighted by atomic mass is 19.3. The summed E-state index contributed by atoms with van der Waals surface area (Å²) < 4.78 is 25.8. The van der Waals surface area contributed by atoms with Crippen LogP contribution in [0.5, 0.6) is 0 Å². The summed E-state index contributed by atoms with van der Waals surface area (Å²) in [6, 6.07) is 0. The van der Waals surface area contributed by atoms with Gasteiger partial charge in [-0.1, -0.05) is 5.21 Å². The average molecular weight is 192 g/mol. The average Bonchev–Trinajstić information content (AvgIpc) is 2.48. The first-order valence-electron chi connectivity index (χ1n) is 3.72. The summed E-state index contributed by atoms with van der Waals surface area (Å²) in [5.74, 6) is 0. The van der Waals surface area contributed by atoms with E-state index >= 15 is 0 Å². The highest BCUT2D eigenvalue weighted by molar-refractivity contribution is 5.11. The predicted octanol–water partition coefficient (Wildman–Crippen LogP) is -0.333. The zero-order valence-corrected chi connectivity index (χ0v) is 6.82. The van der Waals surface area contributed by atoms with E-state index in [4.69, 9.17) is 10.8 Å². The first kappa shape index (κ1) is 10.0. The van der Waals surface area contributed by atoms with Crippen molar-refractivity contribution in [3.8, 4) is 0 Å². The lowest BCUT2D eigenvalue weighted by Crippen LogP contribution is -2.10. The van der Waals surface area contributed by atoms with Gasteiger partial charge in [0, 0.05) is 6.54 Å². The maximum Gasteiger partial charge on any atom is 0.281 e. The molecule has 0 saturated carbocycles. The third-order valence-corrected chi connectivity index (χ3v) is 1.56. The summed E-state index contributed by atoms with van der Waals surface area (Å²) in [7, 11) is 0. The molecule has 0 unspecified atom stereocenters. The van der Waals surface area contributed by atoms with E-state index in [1.807, 2.05) is 0 Å². The van der Waals surface area contributed by atoms with E-state index in [-0.39, 0.29) is 31.1 Å². The van der Waals surface area contributed by atoms with Gasteiger partial charge in [0.1, 0.15) is 11.4 Å². The van der Waals surface area contributed by atoms with Crippen molar-refractivity contribution < 1.29 is 13.9 Å². The van der Waals surface area contributed by atoms with Crippen molar-refractivity contribution in [3.63, 3.8) is 0 Å². The molecular weight excluding hydrogens is 182 g/mol. The fourth-order valence-electron chi connectivity index (χ4n) is 1.00. The standard InChI is InChI=1S/C6H10F2N4O/c7-6(8)5-4(3-9)10-11-12(5)1-2-13/h6,13H,1-3,9H2. The van der Waals surface area contributed by atoms with Gasteiger partial charge in [-0.05, 0) is 0 Å². The zero-order chi connectivity index (χ0) is 9.84. The summed E-state index contributed by atoms with van der Waals surface area (Å²) >= 11 is 0. The molecule has 0 radical (unpaired) electrons. The summed E-state index contributed by atoms with van der Waals surface area (Å²) in [6.07, 6.45) is -2.67. The highest BCUT2D eigenvalue weighted by Gasteiger charge is 2.20. The molecule has 1 aromatic rings. The van der Waals surface area contributed by atoms with Crippen molar-refractivity contribution in [2.45, 2.75) is 19.5 Å². The van der Waals surface area contributed by atoms with E-state index in [9.17, 15) is 8.78 Å². The van der Waals surface area contributed by atoms with Crippen LogP contribution in [0.2, 0.25) is 0 Å². The second-order valence-electron chi connectivity index (χ2n) is 2.37. The van der Waals surface area contributed by atoms with Crippen molar-refractivity contribution >= 4 is 0 Å². The Kier molecular flexibility index (Phi) is 3.26. The highest BCUT2D eigenvalue weighted by Crippen LogP contribution is 2.20. The molecule has 0 aliphatic carbocycles. The van der Waals surface area contributed by atoms with Crippen molar-refractivity contribution in [1.29, 1.82) is 0 Å². The smallest absolute Gasteiger partial charge is 0.281 e. The first-order chi connectivity index (χ1) is 6.20. The molecule has 1 aromatic heterocycles. The van der Waals surface area contributed by atoms with Crippen LogP contribution in [0, 0.1) is 0 Å². The molecule has 3 N–H and O–H groups in total. The molecule has 0 atom stereocenters. The van der Waals surface area contributed by atoms with Crippen LogP contribution < -0.4 is 5.73 Å². The molecule has 1 heterocycles. The van der Waals surface area contributed by atoms with Crippen LogP contribution in [-0.2, 0) is 13.1 Å². The fraction of sp³-hybridized carbons (Fsp3) is 0.667. The van der Waals surface area contributed by atoms with Gasteiger partial charge in [0.15, 0.2) is 0 Å². The van der Waals surface area contributed by atoms with Gasteiger partial charge in [-0.2, -0.15) is 0 Å². The molecule has 74 valence electrons. The van der Waals surface area contributed by atoms with Gasteiger partial charge in [0.05, 0.1) is 13.2 Å². The normalized spacial score (nSPS) is 11.2. The minimum absolute atomic E-state index is 0.00662. The lowest BCUT2D eigenvalue weighted by molar-refractivity contribution is 0.135. The molecule has 0 bridgehead atoms. The Labute approximate surface area is 73.2 Å². The number of aliphatic hydroxyl groups is 1. The lowest BCUT2D eigenvalue weighted by atomic mass is 10.3. The van der Waals surface area contributed by atoms with Gasteiger partial charge in [0.25, 0.3) is 6.43 Å². The molecular formula is C6H10F2N4O. The third-order valence-electron chi connectivity index (χ3n) is 1.56. The molecule has 1 rings (SSSR count). The number of nitrogens with zero attached hydrogens (tertiary/aromatic N) is 3. The van der Waals surface area contributed by atoms with Gasteiger partial charge in [-0.3, -0.25) is 0 Å². The van der Waals surface area contributed by atoms with Crippen LogP contribution in [0.25, 0.3) is 0 Å². The molecule has 0 aromatic carbocycles. The number of aliphatic hydroxyl groups excluding tert-OH is 1. The molecule has 0 spiro atoms. The van der Waals surface area contributed by atoms with Crippen molar-refractivity contribution in [2.75, 3.05) is 6.61 Å². The molecule has 0 aliphatic rings. The lowest BCUT2D eigenvalue weighted by Gasteiger charge is -2.03. The van der Waals surface area contributed by atoms with E-state index in [1.54, 1.807) is 0 Å². The molecule has 5 nitrogen and oxygen atoms in total. The molecule has 13 heavy (non-hydrogen) atoms. The van der Waals surface area contributed by atoms with E-state index in [0.29, 0.717) is 0 Å². The summed E-state index contributed by atoms with van der Waals surface area (Å²) in [4.78, 5) is 0. The van der Waals surface area contributed by atoms with Crippen molar-refractivity contribution in [1.82, 2.24) is 15.0 Å². The van der Waals surface area contributed by atoms with Crippen LogP contribution >= 0.6 is 0 Å². The number of alkyl halides is 2. The molecule has 0 aliphatic heterocycles. The Morgan fingerprint density at radius 2 is 2.23 bits per heavy atom. The number of aromatic nitrogens is 3. The minimum atomic E-state index is -2.67. The Bertz CT molecular complexity index is 276. The zero-order valence-electron chi connectivity index (χ0n) is 6.82. The van der Waals surface area contributed by atoms with Gasteiger partial charge in [-0.15, -0.1) is 5.10 Å². The largest absolute Gasteiger partial charge is 0.394 e. The Morgan fingerprint density at radius 3 is 2.69 bits per heavy atom. The van der Waals surface area contributed by atoms with E-state index in [0.717, 1.165) is 4.68 Å². The molecule has 7 heteroatoms. The molecule has 0 amide bonds. The summed E-state index contributed by atoms with van der Waals surface area (Å²) in [5.41, 5.74) is 4.95. The number of rotatable bonds is 4. The number of nitrogens with two attached hydrogens (primary N) is 1. The predicted molar refractivity (Wildman–Crippen MR) is 40.0 cm³/mol. The second-order valence-corrected chi connectivity index (χ2v) is 2.37. The quantitative estimate of drug-likeness (QED) is 0.684. The summed E-state index contributed by atoms with van der Waals surface area (Å²) in [6.45, 7) is -0.329. The van der Waals surface area contributed by atoms with Gasteiger partial charge < -0.3 is 10.8 Å². The Balaban J connectivity index is 2.99. The first-order valence-corrected chi connectivity index (χ1v) is 3.72. The third kappa shape index (κ3) is 1.99. The maximum atomic E-state index is 12.4. The Morgan fingerprint density at radius 1 is 1.54 bits per heavy atom. The van der Waals surface area contributed by atoms with Crippen LogP contribution in [-0.4, -0.2) is 26.7 Å². The van der Waals surface area contributed by atoms with E-state index in [2.05, 4.69) is 10.3 Å². The van der Waals surface area contributed by atoms with Gasteiger partial charge >= 0.3 is 0 Å². The molecule has 0 fully saturated rings. The number of halogens is 2. The topological polar surface area (TPSA) is 77.0 Å². The van der Waals surface area contributed by atoms with Crippen molar-refractivity contribution in [2.24, 2.45) is 5.73 Å². The number of hydrogen-bond donors (Lipinski definition) is 2. The van der Waals surface area contributed by atoms with Crippen LogP contribution in [0.4, 0.5) is 8.78 Å². The SMILES string of the molecule is NCc1nnn(CCO)c1C(F)F. The summed E-state index contributed by atoms with van der Waals surface area (Å²) in [5, 5.41) is 15.5. The van der Waals surface area contributed by atoms with Gasteiger partial charge in [0.2, 0.25) is 0 Å². The van der Waals surface area contributed by atoms with Crippen LogP contribution in [0.15, 0.2) is 0 Å². The fourth-order valence-corrected chi connectivity index (χ4v) is 1.00. The monoisotopic (exact) mass is 192 g/mol. The number of hydrogen-bond acceptors (Lipinski definition) is 4. The van der Waals surface area contributed by atoms with Crippen LogP contribution in [0.1, 0.15) is 17.8 Å². The van der Waals surface area contributed by atoms with Crippen LogP contribution in [0.3, 0.4) is 0 Å². The van der Waals surface area contributed by atoms with Gasteiger partial charge in [-0.25, -0.2) is 13.5 Å². The van der Waals surface area contributed by atoms with Crippen molar-refractivity contribution in [3.05, 3.63) is 11.4 Å². The minimum Gasteiger partial charge on any atom is -0.394 e. The Hall–Kier alpha value is -1.08. The van der Waals surface area contributed by atoms with E-state index < -0.39 is 6.43 Å². The van der Waals surface area contributed by atoms with E-state index in [1.165, 1.54) is 0 Å². The maximum absolute atomic E-state index is 12.4.